The summed E-state index contributed by atoms with van der Waals surface area (Å²) in [5.41, 5.74) is 0.911. The third-order valence-corrected chi connectivity index (χ3v) is 3.25. The van der Waals surface area contributed by atoms with Gasteiger partial charge in [-0.1, -0.05) is 0 Å². The lowest BCUT2D eigenvalue weighted by molar-refractivity contribution is 0.0911. The Morgan fingerprint density at radius 2 is 2.25 bits per heavy atom. The van der Waals surface area contributed by atoms with E-state index in [4.69, 9.17) is 4.74 Å². The van der Waals surface area contributed by atoms with Gasteiger partial charge in [-0.2, -0.15) is 0 Å². The van der Waals surface area contributed by atoms with Gasteiger partial charge in [0.05, 0.1) is 18.5 Å². The summed E-state index contributed by atoms with van der Waals surface area (Å²) in [6, 6.07) is 1.83. The molecule has 0 aliphatic heterocycles. The lowest BCUT2D eigenvalue weighted by Gasteiger charge is -2.08. The zero-order valence-electron chi connectivity index (χ0n) is 9.56. The lowest BCUT2D eigenvalue weighted by atomic mass is 10.4. The topological polar surface area (TPSA) is 71.2 Å². The number of ether oxygens (including phenoxy) is 1. The SMILES string of the molecule is CC(C)OCCS(=O)(=O)NCc1cc[nH]c1. The van der Waals surface area contributed by atoms with Crippen LogP contribution >= 0.6 is 0 Å². The Kier molecular flexibility index (Phi) is 4.98. The molecule has 0 bridgehead atoms. The first-order valence-corrected chi connectivity index (χ1v) is 6.85. The first-order chi connectivity index (χ1) is 7.49. The average molecular weight is 246 g/mol. The Morgan fingerprint density at radius 1 is 1.50 bits per heavy atom. The molecule has 1 aromatic rings. The Balaban J connectivity index is 2.29. The molecule has 1 aromatic heterocycles. The van der Waals surface area contributed by atoms with Gasteiger partial charge in [-0.3, -0.25) is 0 Å². The van der Waals surface area contributed by atoms with Crippen molar-refractivity contribution in [2.75, 3.05) is 12.4 Å². The molecule has 0 aliphatic rings. The Bertz CT molecular complexity index is 384. The fourth-order valence-electron chi connectivity index (χ4n) is 1.13. The molecule has 0 spiro atoms. The van der Waals surface area contributed by atoms with Crippen LogP contribution in [-0.4, -0.2) is 31.9 Å². The Morgan fingerprint density at radius 3 is 2.81 bits per heavy atom. The highest BCUT2D eigenvalue weighted by molar-refractivity contribution is 7.89. The van der Waals surface area contributed by atoms with Gasteiger partial charge in [0.25, 0.3) is 0 Å². The van der Waals surface area contributed by atoms with Crippen molar-refractivity contribution in [1.82, 2.24) is 9.71 Å². The summed E-state index contributed by atoms with van der Waals surface area (Å²) in [6.07, 6.45) is 3.57. The molecule has 0 atom stereocenters. The highest BCUT2D eigenvalue weighted by Gasteiger charge is 2.10. The summed E-state index contributed by atoms with van der Waals surface area (Å²) in [4.78, 5) is 2.86. The van der Waals surface area contributed by atoms with Gasteiger partial charge in [0, 0.05) is 18.9 Å². The molecular formula is C10H18N2O3S. The van der Waals surface area contributed by atoms with Gasteiger partial charge in [-0.25, -0.2) is 13.1 Å². The number of hydrogen-bond acceptors (Lipinski definition) is 3. The number of rotatable bonds is 7. The van der Waals surface area contributed by atoms with Crippen molar-refractivity contribution in [3.63, 3.8) is 0 Å². The van der Waals surface area contributed by atoms with Crippen LogP contribution in [0.3, 0.4) is 0 Å². The molecule has 0 fully saturated rings. The molecule has 0 radical (unpaired) electrons. The fraction of sp³-hybridized carbons (Fsp3) is 0.600. The van der Waals surface area contributed by atoms with Crippen LogP contribution in [0, 0.1) is 0 Å². The van der Waals surface area contributed by atoms with E-state index in [-0.39, 0.29) is 18.5 Å². The van der Waals surface area contributed by atoms with Gasteiger partial charge >= 0.3 is 0 Å². The maximum absolute atomic E-state index is 11.5. The van der Waals surface area contributed by atoms with E-state index in [1.807, 2.05) is 19.9 Å². The van der Waals surface area contributed by atoms with Crippen LogP contribution in [0.5, 0.6) is 0 Å². The van der Waals surface area contributed by atoms with E-state index < -0.39 is 10.0 Å². The third kappa shape index (κ3) is 5.29. The molecule has 0 unspecified atom stereocenters. The largest absolute Gasteiger partial charge is 0.378 e. The highest BCUT2D eigenvalue weighted by Crippen LogP contribution is 1.97. The molecule has 6 heteroatoms. The lowest BCUT2D eigenvalue weighted by Crippen LogP contribution is -2.28. The summed E-state index contributed by atoms with van der Waals surface area (Å²) in [5, 5.41) is 0. The molecule has 0 saturated heterocycles. The van der Waals surface area contributed by atoms with Crippen molar-refractivity contribution in [3.8, 4) is 0 Å². The van der Waals surface area contributed by atoms with Gasteiger partial charge < -0.3 is 9.72 Å². The minimum absolute atomic E-state index is 0.00436. The van der Waals surface area contributed by atoms with E-state index >= 15 is 0 Å². The summed E-state index contributed by atoms with van der Waals surface area (Å²) in [6.45, 7) is 4.29. The molecule has 2 N–H and O–H groups in total. The summed E-state index contributed by atoms with van der Waals surface area (Å²) in [5.74, 6) is -0.00436. The molecule has 0 aromatic carbocycles. The zero-order valence-corrected chi connectivity index (χ0v) is 10.4. The quantitative estimate of drug-likeness (QED) is 0.749. The van der Waals surface area contributed by atoms with Crippen molar-refractivity contribution in [3.05, 3.63) is 24.0 Å². The van der Waals surface area contributed by atoms with Crippen LogP contribution in [-0.2, 0) is 21.3 Å². The Labute approximate surface area is 96.3 Å². The second kappa shape index (κ2) is 6.03. The van der Waals surface area contributed by atoms with Crippen molar-refractivity contribution in [2.45, 2.75) is 26.5 Å². The molecule has 16 heavy (non-hydrogen) atoms. The van der Waals surface area contributed by atoms with Gasteiger partial charge in [0.2, 0.25) is 10.0 Å². The number of H-pyrrole nitrogens is 1. The zero-order chi connectivity index (χ0) is 12.0. The van der Waals surface area contributed by atoms with Crippen LogP contribution < -0.4 is 4.72 Å². The van der Waals surface area contributed by atoms with E-state index in [9.17, 15) is 8.42 Å². The first kappa shape index (κ1) is 13.2. The first-order valence-electron chi connectivity index (χ1n) is 5.20. The molecule has 5 nitrogen and oxygen atoms in total. The standard InChI is InChI=1S/C10H18N2O3S/c1-9(2)15-5-6-16(13,14)12-8-10-3-4-11-7-10/h3-4,7,9,11-12H,5-6,8H2,1-2H3. The van der Waals surface area contributed by atoms with E-state index in [1.54, 1.807) is 12.4 Å². The smallest absolute Gasteiger partial charge is 0.214 e. The molecule has 1 rings (SSSR count). The van der Waals surface area contributed by atoms with Crippen molar-refractivity contribution in [1.29, 1.82) is 0 Å². The van der Waals surface area contributed by atoms with Crippen LogP contribution in [0.2, 0.25) is 0 Å². The molecule has 92 valence electrons. The Hall–Kier alpha value is -0.850. The van der Waals surface area contributed by atoms with Crippen molar-refractivity contribution in [2.24, 2.45) is 0 Å². The normalized spacial score (nSPS) is 12.2. The van der Waals surface area contributed by atoms with Gasteiger partial charge in [-0.05, 0) is 25.5 Å². The maximum atomic E-state index is 11.5. The van der Waals surface area contributed by atoms with E-state index in [1.165, 1.54) is 0 Å². The van der Waals surface area contributed by atoms with Gasteiger partial charge in [0.1, 0.15) is 0 Å². The molecule has 0 aliphatic carbocycles. The van der Waals surface area contributed by atoms with Gasteiger partial charge in [-0.15, -0.1) is 0 Å². The van der Waals surface area contributed by atoms with Crippen molar-refractivity contribution >= 4 is 10.0 Å². The molecule has 0 saturated carbocycles. The predicted octanol–water partition coefficient (Wildman–Crippen LogP) is 0.859. The monoisotopic (exact) mass is 246 g/mol. The van der Waals surface area contributed by atoms with E-state index in [0.717, 1.165) is 5.56 Å². The minimum atomic E-state index is -3.24. The fourth-order valence-corrected chi connectivity index (χ4v) is 1.97. The second-order valence-corrected chi connectivity index (χ2v) is 5.71. The van der Waals surface area contributed by atoms with E-state index in [0.29, 0.717) is 6.54 Å². The van der Waals surface area contributed by atoms with Gasteiger partial charge in [0.15, 0.2) is 0 Å². The number of nitrogens with one attached hydrogen (secondary N) is 2. The summed E-state index contributed by atoms with van der Waals surface area (Å²) >= 11 is 0. The number of sulfonamides is 1. The summed E-state index contributed by atoms with van der Waals surface area (Å²) < 4.78 is 30.7. The third-order valence-electron chi connectivity index (χ3n) is 1.96. The number of aromatic amines is 1. The molecule has 1 heterocycles. The number of aromatic nitrogens is 1. The summed E-state index contributed by atoms with van der Waals surface area (Å²) in [7, 11) is -3.24. The minimum Gasteiger partial charge on any atom is -0.378 e. The molecule has 0 amide bonds. The van der Waals surface area contributed by atoms with Crippen molar-refractivity contribution < 1.29 is 13.2 Å². The highest BCUT2D eigenvalue weighted by atomic mass is 32.2. The predicted molar refractivity (Wildman–Crippen MR) is 62.5 cm³/mol. The second-order valence-electron chi connectivity index (χ2n) is 3.78. The molecular weight excluding hydrogens is 228 g/mol. The van der Waals surface area contributed by atoms with Crippen LogP contribution in [0.1, 0.15) is 19.4 Å². The van der Waals surface area contributed by atoms with E-state index in [2.05, 4.69) is 9.71 Å². The van der Waals surface area contributed by atoms with Crippen LogP contribution in [0.4, 0.5) is 0 Å². The van der Waals surface area contributed by atoms with Crippen LogP contribution in [0.15, 0.2) is 18.5 Å². The average Bonchev–Trinajstić information content (AvgIpc) is 2.66. The van der Waals surface area contributed by atoms with Crippen LogP contribution in [0.25, 0.3) is 0 Å². The maximum Gasteiger partial charge on any atom is 0.214 e. The number of hydrogen-bond donors (Lipinski definition) is 2.